The fourth-order valence-electron chi connectivity index (χ4n) is 4.55. The predicted molar refractivity (Wildman–Crippen MR) is 112 cm³/mol. The molecule has 0 spiro atoms. The Bertz CT molecular complexity index is 921. The maximum Gasteiger partial charge on any atom is 0.167 e. The molecule has 5 rings (SSSR count). The SMILES string of the molecule is CC1(C)O[C@@H]2[C@H](O1)[C@@H](COCCCF)O[C@H]2n1cnc2c(NC3CCOCC3)ncnc21. The molecule has 0 radical (unpaired) electrons. The van der Waals surface area contributed by atoms with Gasteiger partial charge in [-0.1, -0.05) is 0 Å². The lowest BCUT2D eigenvalue weighted by molar-refractivity contribution is -0.201. The van der Waals surface area contributed by atoms with Crippen molar-refractivity contribution >= 4 is 17.0 Å². The summed E-state index contributed by atoms with van der Waals surface area (Å²) in [5, 5.41) is 3.48. The van der Waals surface area contributed by atoms with Crippen LogP contribution in [0.25, 0.3) is 11.2 Å². The smallest absolute Gasteiger partial charge is 0.167 e. The number of nitrogens with one attached hydrogen (secondary N) is 1. The molecule has 0 aliphatic carbocycles. The van der Waals surface area contributed by atoms with Crippen molar-refractivity contribution in [3.8, 4) is 0 Å². The fourth-order valence-corrected chi connectivity index (χ4v) is 4.55. The summed E-state index contributed by atoms with van der Waals surface area (Å²) >= 11 is 0. The maximum absolute atomic E-state index is 12.4. The molecule has 10 nitrogen and oxygen atoms in total. The van der Waals surface area contributed by atoms with E-state index in [0.29, 0.717) is 36.6 Å². The first kappa shape index (κ1) is 21.9. The lowest BCUT2D eigenvalue weighted by atomic mass is 10.1. The highest BCUT2D eigenvalue weighted by molar-refractivity contribution is 5.82. The molecule has 176 valence electrons. The van der Waals surface area contributed by atoms with Crippen molar-refractivity contribution in [2.45, 2.75) is 69.5 Å². The zero-order chi connectivity index (χ0) is 22.1. The zero-order valence-corrected chi connectivity index (χ0v) is 18.4. The first-order valence-electron chi connectivity index (χ1n) is 11.2. The third kappa shape index (κ3) is 4.32. The Morgan fingerprint density at radius 2 is 2.00 bits per heavy atom. The molecule has 2 aromatic heterocycles. The van der Waals surface area contributed by atoms with Crippen LogP contribution in [0, 0.1) is 0 Å². The first-order chi connectivity index (χ1) is 15.6. The molecule has 3 aliphatic rings. The van der Waals surface area contributed by atoms with E-state index in [1.165, 1.54) is 6.33 Å². The van der Waals surface area contributed by atoms with Crippen LogP contribution < -0.4 is 5.32 Å². The number of halogens is 1. The van der Waals surface area contributed by atoms with Gasteiger partial charge < -0.3 is 29.0 Å². The van der Waals surface area contributed by atoms with E-state index < -0.39 is 18.7 Å². The Morgan fingerprint density at radius 1 is 1.19 bits per heavy atom. The fraction of sp³-hybridized carbons (Fsp3) is 0.762. The number of fused-ring (bicyclic) bond motifs is 2. The van der Waals surface area contributed by atoms with E-state index in [9.17, 15) is 4.39 Å². The number of anilines is 1. The summed E-state index contributed by atoms with van der Waals surface area (Å²) in [7, 11) is 0. The van der Waals surface area contributed by atoms with Crippen molar-refractivity contribution in [1.82, 2.24) is 19.5 Å². The average molecular weight is 451 g/mol. The summed E-state index contributed by atoms with van der Waals surface area (Å²) in [5.41, 5.74) is 1.34. The van der Waals surface area contributed by atoms with Gasteiger partial charge in [0, 0.05) is 25.9 Å². The highest BCUT2D eigenvalue weighted by Crippen LogP contribution is 2.44. The predicted octanol–water partition coefficient (Wildman–Crippen LogP) is 2.21. The van der Waals surface area contributed by atoms with Gasteiger partial charge in [0.15, 0.2) is 29.0 Å². The molecule has 0 saturated carbocycles. The molecule has 11 heteroatoms. The van der Waals surface area contributed by atoms with Gasteiger partial charge in [-0.05, 0) is 33.1 Å². The number of imidazole rings is 1. The van der Waals surface area contributed by atoms with E-state index in [4.69, 9.17) is 23.7 Å². The lowest BCUT2D eigenvalue weighted by Gasteiger charge is -2.25. The molecule has 3 aliphatic heterocycles. The molecule has 0 amide bonds. The second kappa shape index (κ2) is 9.14. The van der Waals surface area contributed by atoms with E-state index >= 15 is 0 Å². The van der Waals surface area contributed by atoms with Crippen LogP contribution in [0.4, 0.5) is 10.2 Å². The highest BCUT2D eigenvalue weighted by atomic mass is 19.1. The van der Waals surface area contributed by atoms with Crippen molar-refractivity contribution in [2.24, 2.45) is 0 Å². The second-order valence-corrected chi connectivity index (χ2v) is 8.82. The van der Waals surface area contributed by atoms with Crippen LogP contribution in [-0.4, -0.2) is 82.8 Å². The number of hydrogen-bond donors (Lipinski definition) is 1. The number of nitrogens with zero attached hydrogens (tertiary/aromatic N) is 4. The van der Waals surface area contributed by atoms with E-state index in [1.54, 1.807) is 6.33 Å². The van der Waals surface area contributed by atoms with Crippen molar-refractivity contribution in [3.05, 3.63) is 12.7 Å². The molecule has 4 atom stereocenters. The highest BCUT2D eigenvalue weighted by Gasteiger charge is 2.56. The number of aromatic nitrogens is 4. The first-order valence-corrected chi connectivity index (χ1v) is 11.2. The van der Waals surface area contributed by atoms with Gasteiger partial charge in [0.25, 0.3) is 0 Å². The van der Waals surface area contributed by atoms with Crippen molar-refractivity contribution in [1.29, 1.82) is 0 Å². The normalized spacial score (nSPS) is 30.1. The topological polar surface area (TPSA) is 102 Å². The van der Waals surface area contributed by atoms with E-state index in [0.717, 1.165) is 26.1 Å². The summed E-state index contributed by atoms with van der Waals surface area (Å²) < 4.78 is 43.9. The van der Waals surface area contributed by atoms with Crippen LogP contribution in [-0.2, 0) is 23.7 Å². The Balaban J connectivity index is 1.38. The lowest BCUT2D eigenvalue weighted by Crippen LogP contribution is -2.33. The van der Waals surface area contributed by atoms with Gasteiger partial charge in [0.2, 0.25) is 0 Å². The summed E-state index contributed by atoms with van der Waals surface area (Å²) in [6.07, 6.45) is 3.97. The Labute approximate surface area is 185 Å². The number of alkyl halides is 1. The standard InChI is InChI=1S/C21H30FN5O5/c1-21(2)31-16-14(10-29-7-3-6-22)30-20(17(16)32-21)27-12-25-15-18(23-11-24-19(15)27)26-13-4-8-28-9-5-13/h11-14,16-17,20H,3-10H2,1-2H3,(H,23,24,26)/t14-,16-,17-,20-/m1/s1. The van der Waals surface area contributed by atoms with Gasteiger partial charge in [0.05, 0.1) is 19.6 Å². The van der Waals surface area contributed by atoms with Crippen LogP contribution in [0.1, 0.15) is 39.3 Å². The minimum atomic E-state index is -0.740. The molecular formula is C21H30FN5O5. The molecule has 3 fully saturated rings. The van der Waals surface area contributed by atoms with Gasteiger partial charge in [-0.2, -0.15) is 0 Å². The summed E-state index contributed by atoms with van der Waals surface area (Å²) in [5.74, 6) is -0.0411. The summed E-state index contributed by atoms with van der Waals surface area (Å²) in [6.45, 7) is 5.47. The van der Waals surface area contributed by atoms with Gasteiger partial charge in [-0.15, -0.1) is 0 Å². The van der Waals surface area contributed by atoms with Crippen LogP contribution >= 0.6 is 0 Å². The van der Waals surface area contributed by atoms with Crippen molar-refractivity contribution < 1.29 is 28.1 Å². The average Bonchev–Trinajstić information content (AvgIpc) is 3.44. The molecule has 0 unspecified atom stereocenters. The Hall–Kier alpha value is -1.92. The summed E-state index contributed by atoms with van der Waals surface area (Å²) in [4.78, 5) is 13.5. The maximum atomic E-state index is 12.4. The van der Waals surface area contributed by atoms with Gasteiger partial charge >= 0.3 is 0 Å². The van der Waals surface area contributed by atoms with Crippen LogP contribution in [0.2, 0.25) is 0 Å². The zero-order valence-electron chi connectivity index (χ0n) is 18.4. The second-order valence-electron chi connectivity index (χ2n) is 8.82. The molecule has 1 N–H and O–H groups in total. The van der Waals surface area contributed by atoms with Gasteiger partial charge in [0.1, 0.15) is 24.6 Å². The molecule has 5 heterocycles. The van der Waals surface area contributed by atoms with Crippen molar-refractivity contribution in [3.63, 3.8) is 0 Å². The van der Waals surface area contributed by atoms with Gasteiger partial charge in [-0.25, -0.2) is 15.0 Å². The van der Waals surface area contributed by atoms with Crippen molar-refractivity contribution in [2.75, 3.05) is 38.4 Å². The van der Waals surface area contributed by atoms with E-state index in [2.05, 4.69) is 20.3 Å². The minimum Gasteiger partial charge on any atom is -0.381 e. The number of ether oxygens (including phenoxy) is 5. The molecular weight excluding hydrogens is 421 g/mol. The number of rotatable bonds is 8. The quantitative estimate of drug-likeness (QED) is 0.605. The minimum absolute atomic E-state index is 0.289. The van der Waals surface area contributed by atoms with Crippen LogP contribution in [0.3, 0.4) is 0 Å². The molecule has 32 heavy (non-hydrogen) atoms. The monoisotopic (exact) mass is 451 g/mol. The van der Waals surface area contributed by atoms with Crippen LogP contribution in [0.15, 0.2) is 12.7 Å². The third-order valence-corrected chi connectivity index (χ3v) is 6.02. The van der Waals surface area contributed by atoms with Crippen LogP contribution in [0.5, 0.6) is 0 Å². The number of hydrogen-bond acceptors (Lipinski definition) is 9. The Kier molecular flexibility index (Phi) is 6.26. The summed E-state index contributed by atoms with van der Waals surface area (Å²) in [6, 6.07) is 0.289. The molecule has 0 bridgehead atoms. The molecule has 2 aromatic rings. The van der Waals surface area contributed by atoms with Gasteiger partial charge in [-0.3, -0.25) is 8.96 Å². The largest absolute Gasteiger partial charge is 0.381 e. The Morgan fingerprint density at radius 3 is 2.81 bits per heavy atom. The third-order valence-electron chi connectivity index (χ3n) is 6.02. The molecule has 3 saturated heterocycles. The molecule has 0 aromatic carbocycles. The van der Waals surface area contributed by atoms with E-state index in [1.807, 2.05) is 18.4 Å². The van der Waals surface area contributed by atoms with E-state index in [-0.39, 0.29) is 24.4 Å².